The van der Waals surface area contributed by atoms with Crippen molar-refractivity contribution in [2.45, 2.75) is 166 Å². The summed E-state index contributed by atoms with van der Waals surface area (Å²) in [5, 5.41) is 40.3. The van der Waals surface area contributed by atoms with Crippen molar-refractivity contribution >= 4 is 27.6 Å². The second-order valence-electron chi connectivity index (χ2n) is 15.2. The molecule has 0 fully saturated rings. The number of esters is 2. The molecule has 0 aromatic rings. The topological polar surface area (TPSA) is 256 Å². The number of carbonyl (C=O) groups is 2. The number of aliphatic hydroxyl groups is 4. The van der Waals surface area contributed by atoms with Crippen LogP contribution in [-0.4, -0.2) is 104 Å². The highest BCUT2D eigenvalue weighted by Crippen LogP contribution is 2.43. The van der Waals surface area contributed by atoms with Crippen LogP contribution in [0.2, 0.25) is 0 Å². The zero-order valence-corrected chi connectivity index (χ0v) is 39.7. The molecule has 0 rings (SSSR count). The van der Waals surface area contributed by atoms with Crippen LogP contribution < -0.4 is 0 Å². The van der Waals surface area contributed by atoms with Gasteiger partial charge in [0.2, 0.25) is 0 Å². The number of aliphatic hydroxyl groups excluding tert-OH is 4. The molecule has 0 aliphatic rings. The Morgan fingerprint density at radius 2 is 1.08 bits per heavy atom. The van der Waals surface area contributed by atoms with E-state index in [0.717, 1.165) is 64.2 Å². The van der Waals surface area contributed by atoms with E-state index in [1.54, 1.807) is 42.5 Å². The summed E-state index contributed by atoms with van der Waals surface area (Å²) < 4.78 is 47.5. The molecule has 64 heavy (non-hydrogen) atoms. The number of hydrogen-bond acceptors (Lipinski definition) is 13. The third-order valence-electron chi connectivity index (χ3n) is 9.11. The molecule has 18 heteroatoms. The molecule has 0 aliphatic heterocycles. The van der Waals surface area contributed by atoms with E-state index in [1.165, 1.54) is 25.3 Å². The van der Waals surface area contributed by atoms with Gasteiger partial charge in [-0.2, -0.15) is 0 Å². The molecule has 0 amide bonds. The highest BCUT2D eigenvalue weighted by molar-refractivity contribution is 7.47. The molecule has 6 atom stereocenters. The monoisotopic (exact) mass is 948 g/mol. The quantitative estimate of drug-likeness (QED) is 0.00997. The zero-order valence-electron chi connectivity index (χ0n) is 37.9. The number of allylic oxidation sites excluding steroid dienone is 12. The van der Waals surface area contributed by atoms with Crippen molar-refractivity contribution < 1.29 is 76.9 Å². The summed E-state index contributed by atoms with van der Waals surface area (Å²) in [6.45, 7) is 1.19. The van der Waals surface area contributed by atoms with E-state index < -0.39 is 84.5 Å². The maximum Gasteiger partial charge on any atom is 0.472 e. The predicted molar refractivity (Wildman–Crippen MR) is 248 cm³/mol. The number of ether oxygens (including phenoxy) is 2. The SMILES string of the molecule is CCCCC/C=C\C/C=C\C/C=C\CCCCCCC(=O)OC[C@H](COP(=O)(O)OC[C@@H](O)COP(=O)(O)O)OC(=O)CCC[C@H](O)[C@@H](O)/C=C/C=C/C=C\C=C\[C@@H](O)CCCCC. The lowest BCUT2D eigenvalue weighted by Crippen LogP contribution is -2.30. The zero-order chi connectivity index (χ0) is 47.7. The van der Waals surface area contributed by atoms with Crippen LogP contribution in [0.25, 0.3) is 0 Å². The van der Waals surface area contributed by atoms with Crippen LogP contribution in [0.1, 0.15) is 136 Å². The Balaban J connectivity index is 4.88. The summed E-state index contributed by atoms with van der Waals surface area (Å²) >= 11 is 0. The molecule has 1 unspecified atom stereocenters. The van der Waals surface area contributed by atoms with E-state index in [0.29, 0.717) is 12.8 Å². The summed E-state index contributed by atoms with van der Waals surface area (Å²) in [7, 11) is -9.83. The molecule has 0 aromatic heterocycles. The third-order valence-corrected chi connectivity index (χ3v) is 10.5. The lowest BCUT2D eigenvalue weighted by atomic mass is 10.1. The molecule has 0 bridgehead atoms. The van der Waals surface area contributed by atoms with Gasteiger partial charge in [-0.1, -0.05) is 144 Å². The van der Waals surface area contributed by atoms with Crippen molar-refractivity contribution in [3.63, 3.8) is 0 Å². The fraction of sp³-hybridized carbons (Fsp3) is 0.652. The standard InChI is InChI=1S/C46H78O16P2/c1-3-5-7-8-9-10-11-12-13-14-15-16-17-18-19-24-28-34-45(51)58-38-42(39-61-64(56,57)60-37-41(48)36-59-63(53,54)55)62-46(52)35-29-33-44(50)43(49)32-27-23-21-20-22-26-31-40(47)30-25-6-4-2/h9-10,12-13,15-16,20-23,26-27,31-32,40-44,47-50H,3-8,11,14,17-19,24-25,28-30,33-39H2,1-2H3,(H,56,57)(H2,53,54,55)/b10-9-,13-12-,16-15-,22-20-,23-21+,31-26+,32-27+/t40-,41-,42+,43-,44-/m0/s1. The van der Waals surface area contributed by atoms with E-state index in [1.807, 2.05) is 0 Å². The van der Waals surface area contributed by atoms with Crippen LogP contribution in [0, 0.1) is 0 Å². The molecule has 16 nitrogen and oxygen atoms in total. The highest BCUT2D eigenvalue weighted by atomic mass is 31.2. The van der Waals surface area contributed by atoms with Crippen LogP contribution in [0.15, 0.2) is 85.1 Å². The minimum absolute atomic E-state index is 0.0183. The van der Waals surface area contributed by atoms with Crippen LogP contribution >= 0.6 is 15.6 Å². The summed E-state index contributed by atoms with van der Waals surface area (Å²) in [5.41, 5.74) is 0. The van der Waals surface area contributed by atoms with E-state index in [2.05, 4.69) is 59.4 Å². The summed E-state index contributed by atoms with van der Waals surface area (Å²) in [6.07, 6.45) is 35.0. The van der Waals surface area contributed by atoms with Gasteiger partial charge in [0, 0.05) is 12.8 Å². The minimum atomic E-state index is -4.92. The van der Waals surface area contributed by atoms with Crippen molar-refractivity contribution in [2.24, 2.45) is 0 Å². The van der Waals surface area contributed by atoms with Gasteiger partial charge in [0.25, 0.3) is 0 Å². The molecular formula is C46H78O16P2. The third kappa shape index (κ3) is 41.9. The minimum Gasteiger partial charge on any atom is -0.462 e. The van der Waals surface area contributed by atoms with Crippen molar-refractivity contribution in [3.8, 4) is 0 Å². The Kier molecular flexibility index (Phi) is 38.7. The first-order valence-corrected chi connectivity index (χ1v) is 25.6. The molecule has 0 aromatic carbocycles. The Morgan fingerprint density at radius 1 is 0.547 bits per heavy atom. The Hall–Kier alpha value is -2.82. The smallest absolute Gasteiger partial charge is 0.462 e. The summed E-state index contributed by atoms with van der Waals surface area (Å²) in [6, 6.07) is 0. The van der Waals surface area contributed by atoms with E-state index in [4.69, 9.17) is 23.8 Å². The van der Waals surface area contributed by atoms with Crippen LogP contribution in [0.5, 0.6) is 0 Å². The lowest BCUT2D eigenvalue weighted by Gasteiger charge is -2.21. The molecule has 7 N–H and O–H groups in total. The number of carbonyl (C=O) groups excluding carboxylic acids is 2. The first-order chi connectivity index (χ1) is 30.6. The molecule has 0 aliphatic carbocycles. The molecular weight excluding hydrogens is 870 g/mol. The van der Waals surface area contributed by atoms with Crippen molar-refractivity contribution in [1.82, 2.24) is 0 Å². The number of phosphoric ester groups is 2. The molecule has 0 spiro atoms. The van der Waals surface area contributed by atoms with E-state index in [9.17, 15) is 44.0 Å². The van der Waals surface area contributed by atoms with Gasteiger partial charge in [0.05, 0.1) is 38.1 Å². The van der Waals surface area contributed by atoms with Crippen molar-refractivity contribution in [1.29, 1.82) is 0 Å². The van der Waals surface area contributed by atoms with Crippen molar-refractivity contribution in [3.05, 3.63) is 85.1 Å². The second kappa shape index (κ2) is 40.5. The Morgan fingerprint density at radius 3 is 1.72 bits per heavy atom. The summed E-state index contributed by atoms with van der Waals surface area (Å²) in [5.74, 6) is -1.39. The lowest BCUT2D eigenvalue weighted by molar-refractivity contribution is -0.161. The first kappa shape index (κ1) is 61.2. The van der Waals surface area contributed by atoms with Crippen LogP contribution in [0.4, 0.5) is 0 Å². The van der Waals surface area contributed by atoms with Gasteiger partial charge in [-0.15, -0.1) is 0 Å². The Bertz CT molecular complexity index is 1500. The average molecular weight is 949 g/mol. The number of phosphoric acid groups is 2. The van der Waals surface area contributed by atoms with Gasteiger partial charge in [-0.3, -0.25) is 23.2 Å². The fourth-order valence-corrected chi connectivity index (χ4v) is 6.66. The highest BCUT2D eigenvalue weighted by Gasteiger charge is 2.28. The van der Waals surface area contributed by atoms with Crippen LogP contribution in [-0.2, 0) is 41.8 Å². The van der Waals surface area contributed by atoms with Gasteiger partial charge >= 0.3 is 27.6 Å². The fourth-order valence-electron chi connectivity index (χ4n) is 5.50. The van der Waals surface area contributed by atoms with Gasteiger partial charge in [-0.25, -0.2) is 9.13 Å². The maximum atomic E-state index is 12.7. The average Bonchev–Trinajstić information content (AvgIpc) is 3.24. The van der Waals surface area contributed by atoms with Gasteiger partial charge in [0.15, 0.2) is 6.10 Å². The van der Waals surface area contributed by atoms with E-state index in [-0.39, 0.29) is 25.7 Å². The maximum absolute atomic E-state index is 12.7. The molecule has 0 saturated heterocycles. The first-order valence-electron chi connectivity index (χ1n) is 22.6. The molecule has 368 valence electrons. The Labute approximate surface area is 381 Å². The number of unbranched alkanes of at least 4 members (excludes halogenated alkanes) is 9. The molecule has 0 saturated carbocycles. The summed E-state index contributed by atoms with van der Waals surface area (Å²) in [4.78, 5) is 52.8. The number of hydrogen-bond donors (Lipinski definition) is 7. The van der Waals surface area contributed by atoms with Gasteiger partial charge < -0.3 is 44.6 Å². The second-order valence-corrected chi connectivity index (χ2v) is 17.9. The van der Waals surface area contributed by atoms with E-state index >= 15 is 0 Å². The van der Waals surface area contributed by atoms with Crippen LogP contribution in [0.3, 0.4) is 0 Å². The molecule has 0 radical (unpaired) electrons. The normalized spacial score (nSPS) is 16.2. The van der Waals surface area contributed by atoms with Gasteiger partial charge in [-0.05, 0) is 64.2 Å². The van der Waals surface area contributed by atoms with Crippen molar-refractivity contribution in [2.75, 3.05) is 26.4 Å². The molecule has 0 heterocycles. The van der Waals surface area contributed by atoms with Gasteiger partial charge in [0.1, 0.15) is 12.7 Å². The predicted octanol–water partition coefficient (Wildman–Crippen LogP) is 8.47. The number of rotatable bonds is 41. The largest absolute Gasteiger partial charge is 0.472 e.